The Morgan fingerprint density at radius 1 is 1.23 bits per heavy atom. The van der Waals surface area contributed by atoms with Gasteiger partial charge in [-0.15, -0.1) is 0 Å². The quantitative estimate of drug-likeness (QED) is 0.318. The Morgan fingerprint density at radius 2 is 1.97 bits per heavy atom. The Labute approximate surface area is 200 Å². The van der Waals surface area contributed by atoms with E-state index >= 15 is 0 Å². The molecule has 9 heteroatoms. The molecule has 0 fully saturated rings. The zero-order valence-electron chi connectivity index (χ0n) is 19.5. The van der Waals surface area contributed by atoms with Crippen molar-refractivity contribution in [3.05, 3.63) is 63.5 Å². The molecule has 1 aromatic heterocycles. The average Bonchev–Trinajstić information content (AvgIpc) is 2.80. The number of hydrogen-bond donors (Lipinski definition) is 4. The number of esters is 1. The maximum absolute atomic E-state index is 12.9. The molecule has 1 atom stereocenters. The molecule has 0 saturated carbocycles. The van der Waals surface area contributed by atoms with Crippen molar-refractivity contribution in [3.63, 3.8) is 0 Å². The molecule has 0 spiro atoms. The highest BCUT2D eigenvalue weighted by Crippen LogP contribution is 2.50. The van der Waals surface area contributed by atoms with Gasteiger partial charge in [-0.1, -0.05) is 18.2 Å². The number of benzene rings is 2. The molecule has 3 aromatic rings. The van der Waals surface area contributed by atoms with Gasteiger partial charge >= 0.3 is 5.97 Å². The monoisotopic (exact) mass is 482 g/mol. The fraction of sp³-hybridized carbons (Fsp3) is 0.308. The summed E-state index contributed by atoms with van der Waals surface area (Å²) in [6, 6.07) is 7.31. The Kier molecular flexibility index (Phi) is 6.31. The minimum absolute atomic E-state index is 0.00523. The van der Waals surface area contributed by atoms with Crippen molar-refractivity contribution in [2.24, 2.45) is 0 Å². The number of rotatable bonds is 5. The fourth-order valence-electron chi connectivity index (χ4n) is 4.18. The van der Waals surface area contributed by atoms with Gasteiger partial charge in [0, 0.05) is 18.1 Å². The molecule has 0 unspecified atom stereocenters. The van der Waals surface area contributed by atoms with E-state index in [0.717, 1.165) is 6.07 Å². The second-order valence-corrected chi connectivity index (χ2v) is 8.80. The highest BCUT2D eigenvalue weighted by Gasteiger charge is 2.43. The summed E-state index contributed by atoms with van der Waals surface area (Å²) in [6.07, 6.45) is 0.584. The van der Waals surface area contributed by atoms with Crippen LogP contribution in [0.5, 0.6) is 17.2 Å². The maximum Gasteiger partial charge on any atom is 0.336 e. The predicted molar refractivity (Wildman–Crippen MR) is 126 cm³/mol. The lowest BCUT2D eigenvalue weighted by Crippen LogP contribution is -2.49. The van der Waals surface area contributed by atoms with Crippen LogP contribution in [0.4, 0.5) is 0 Å². The van der Waals surface area contributed by atoms with Crippen molar-refractivity contribution in [1.29, 1.82) is 0 Å². The van der Waals surface area contributed by atoms with Crippen molar-refractivity contribution >= 4 is 16.9 Å². The lowest BCUT2D eigenvalue weighted by Gasteiger charge is -2.40. The van der Waals surface area contributed by atoms with Crippen LogP contribution in [0.2, 0.25) is 0 Å². The maximum atomic E-state index is 12.9. The summed E-state index contributed by atoms with van der Waals surface area (Å²) in [4.78, 5) is 25.5. The third-order valence-corrected chi connectivity index (χ3v) is 6.10. The first-order chi connectivity index (χ1) is 16.6. The summed E-state index contributed by atoms with van der Waals surface area (Å²) in [5.74, 6) is -0.955. The molecule has 2 aromatic carbocycles. The van der Waals surface area contributed by atoms with Crippen LogP contribution in [-0.4, -0.2) is 44.7 Å². The van der Waals surface area contributed by atoms with Crippen molar-refractivity contribution in [1.82, 2.24) is 0 Å². The van der Waals surface area contributed by atoms with Crippen LogP contribution in [0.25, 0.3) is 22.1 Å². The van der Waals surface area contributed by atoms with Crippen LogP contribution in [0, 0.1) is 0 Å². The molecule has 35 heavy (non-hydrogen) atoms. The Morgan fingerprint density at radius 3 is 2.60 bits per heavy atom. The number of allylic oxidation sites excluding steroid dienone is 1. The number of aliphatic hydroxyl groups is 2. The highest BCUT2D eigenvalue weighted by molar-refractivity contribution is 6.01. The van der Waals surface area contributed by atoms with Gasteiger partial charge in [0.2, 0.25) is 0 Å². The predicted octanol–water partition coefficient (Wildman–Crippen LogP) is 2.93. The van der Waals surface area contributed by atoms with Gasteiger partial charge in [0.05, 0.1) is 17.7 Å². The summed E-state index contributed by atoms with van der Waals surface area (Å²) in [6.45, 7) is 3.98. The van der Waals surface area contributed by atoms with Gasteiger partial charge < -0.3 is 34.3 Å². The number of aliphatic hydroxyl groups excluding tert-OH is 2. The smallest absolute Gasteiger partial charge is 0.336 e. The average molecular weight is 482 g/mol. The zero-order valence-corrected chi connectivity index (χ0v) is 19.5. The highest BCUT2D eigenvalue weighted by atomic mass is 16.6. The van der Waals surface area contributed by atoms with Crippen molar-refractivity contribution in [2.75, 3.05) is 6.61 Å². The van der Waals surface area contributed by atoms with Crippen LogP contribution in [0.1, 0.15) is 32.1 Å². The van der Waals surface area contributed by atoms with E-state index < -0.39 is 36.3 Å². The van der Waals surface area contributed by atoms with Crippen LogP contribution in [0.3, 0.4) is 0 Å². The first-order valence-electron chi connectivity index (χ1n) is 11.0. The number of ether oxygens (including phenoxy) is 2. The van der Waals surface area contributed by atoms with Gasteiger partial charge in [0.15, 0.2) is 11.0 Å². The molecule has 0 radical (unpaired) electrons. The van der Waals surface area contributed by atoms with Gasteiger partial charge in [0.1, 0.15) is 46.7 Å². The van der Waals surface area contributed by atoms with E-state index in [1.165, 1.54) is 18.2 Å². The van der Waals surface area contributed by atoms with E-state index in [1.54, 1.807) is 32.9 Å². The Bertz CT molecular complexity index is 1400. The first-order valence-corrected chi connectivity index (χ1v) is 11.0. The van der Waals surface area contributed by atoms with Crippen LogP contribution < -0.4 is 10.2 Å². The fourth-order valence-corrected chi connectivity index (χ4v) is 4.18. The minimum Gasteiger partial charge on any atom is -0.508 e. The number of fused-ring (bicyclic) bond motifs is 2. The third kappa shape index (κ3) is 4.24. The molecular weight excluding hydrogens is 456 g/mol. The summed E-state index contributed by atoms with van der Waals surface area (Å²) in [5.41, 5.74) is -0.615. The van der Waals surface area contributed by atoms with Gasteiger partial charge in [-0.3, -0.25) is 4.79 Å². The van der Waals surface area contributed by atoms with Crippen LogP contribution in [0.15, 0.2) is 51.2 Å². The van der Waals surface area contributed by atoms with E-state index in [9.17, 15) is 30.0 Å². The normalized spacial score (nSPS) is 17.1. The van der Waals surface area contributed by atoms with Gasteiger partial charge in [-0.2, -0.15) is 0 Å². The molecule has 9 nitrogen and oxygen atoms in total. The topological polar surface area (TPSA) is 147 Å². The molecule has 0 bridgehead atoms. The molecule has 0 saturated heterocycles. The standard InChI is InChI=1S/C26H26O9/c1-4-13(11-27)25(32)34-19-10-17-22(31)21-18(30)9-16(12-28)33-24(21)20(23(17)35-26(19,2)3)14-6-5-7-15(29)8-14/h4-9,19,27-29,31H,10-12H2,1-3H3/b13-4-/t19-/m1/s1. The number of aromatic hydroxyl groups is 2. The number of carbonyl (C=O) groups excluding carboxylic acids is 1. The minimum atomic E-state index is -1.09. The molecule has 4 rings (SSSR count). The van der Waals surface area contributed by atoms with Crippen molar-refractivity contribution in [2.45, 2.75) is 45.5 Å². The molecular formula is C26H26O9. The molecule has 0 aliphatic carbocycles. The summed E-state index contributed by atoms with van der Waals surface area (Å²) in [5, 5.41) is 40.1. The lowest BCUT2D eigenvalue weighted by atomic mass is 9.86. The van der Waals surface area contributed by atoms with Crippen LogP contribution >= 0.6 is 0 Å². The molecule has 184 valence electrons. The number of carbonyl (C=O) groups is 1. The van der Waals surface area contributed by atoms with E-state index in [4.69, 9.17) is 13.9 Å². The summed E-state index contributed by atoms with van der Waals surface area (Å²) in [7, 11) is 0. The summed E-state index contributed by atoms with van der Waals surface area (Å²) >= 11 is 0. The van der Waals surface area contributed by atoms with Crippen molar-refractivity contribution in [3.8, 4) is 28.4 Å². The lowest BCUT2D eigenvalue weighted by molar-refractivity contribution is -0.157. The first kappa shape index (κ1) is 24.3. The molecule has 4 N–H and O–H groups in total. The van der Waals surface area contributed by atoms with Crippen molar-refractivity contribution < 1.29 is 39.1 Å². The Hall–Kier alpha value is -3.82. The summed E-state index contributed by atoms with van der Waals surface area (Å²) < 4.78 is 17.7. The largest absolute Gasteiger partial charge is 0.508 e. The number of phenolic OH excluding ortho intramolecular Hbond substituents is 2. The third-order valence-electron chi connectivity index (χ3n) is 6.10. The second-order valence-electron chi connectivity index (χ2n) is 8.80. The van der Waals surface area contributed by atoms with E-state index in [1.807, 2.05) is 0 Å². The molecule has 1 aliphatic heterocycles. The number of hydrogen-bond acceptors (Lipinski definition) is 9. The molecule has 1 aliphatic rings. The second kappa shape index (κ2) is 9.09. The van der Waals surface area contributed by atoms with Gasteiger partial charge in [-0.05, 0) is 38.5 Å². The Balaban J connectivity index is 1.99. The van der Waals surface area contributed by atoms with E-state index in [2.05, 4.69) is 0 Å². The number of phenols is 2. The molecule has 0 amide bonds. The zero-order chi connectivity index (χ0) is 25.5. The van der Waals surface area contributed by atoms with Crippen LogP contribution in [-0.2, 0) is 22.6 Å². The van der Waals surface area contributed by atoms with Gasteiger partial charge in [-0.25, -0.2) is 4.79 Å². The van der Waals surface area contributed by atoms with Gasteiger partial charge in [0.25, 0.3) is 0 Å². The van der Waals surface area contributed by atoms with E-state index in [0.29, 0.717) is 11.1 Å². The SMILES string of the molecule is C/C=C(/CO)C(=O)O[C@@H]1Cc2c(c(-c3cccc(O)c3)c3oc(CO)cc(=O)c3c2O)OC1(C)C. The van der Waals surface area contributed by atoms with E-state index in [-0.39, 0.29) is 51.5 Å². The molecule has 2 heterocycles.